The molecule has 2 aromatic rings. The first kappa shape index (κ1) is 19.1. The van der Waals surface area contributed by atoms with Crippen LogP contribution in [0.1, 0.15) is 57.5 Å². The van der Waals surface area contributed by atoms with Gasteiger partial charge in [-0.05, 0) is 55.0 Å². The largest absolute Gasteiger partial charge is 0.294 e. The number of carbonyl (C=O) groups excluding carboxylic acids is 3. The molecule has 0 aromatic heterocycles. The van der Waals surface area contributed by atoms with E-state index in [2.05, 4.69) is 10.9 Å². The van der Waals surface area contributed by atoms with Crippen LogP contribution in [0.5, 0.6) is 0 Å². The van der Waals surface area contributed by atoms with Crippen molar-refractivity contribution in [2.75, 3.05) is 0 Å². The van der Waals surface area contributed by atoms with Gasteiger partial charge in [0.2, 0.25) is 5.91 Å². The highest BCUT2D eigenvalue weighted by Crippen LogP contribution is 2.23. The van der Waals surface area contributed by atoms with Gasteiger partial charge in [-0.1, -0.05) is 35.9 Å². The van der Waals surface area contributed by atoms with Gasteiger partial charge >= 0.3 is 0 Å². The molecule has 2 amide bonds. The lowest BCUT2D eigenvalue weighted by Crippen LogP contribution is -2.41. The molecule has 0 atom stereocenters. The number of hydrogen-bond donors (Lipinski definition) is 2. The normalized spacial score (nSPS) is 12.8. The minimum Gasteiger partial charge on any atom is -0.294 e. The van der Waals surface area contributed by atoms with E-state index >= 15 is 0 Å². The number of rotatable bonds is 5. The number of halogens is 1. The van der Waals surface area contributed by atoms with Gasteiger partial charge in [-0.3, -0.25) is 25.2 Å². The van der Waals surface area contributed by atoms with Crippen LogP contribution in [0.2, 0.25) is 5.02 Å². The maximum atomic E-state index is 12.4. The van der Waals surface area contributed by atoms with Gasteiger partial charge in [-0.15, -0.1) is 0 Å². The first-order valence-corrected chi connectivity index (χ1v) is 9.41. The van der Waals surface area contributed by atoms with Crippen molar-refractivity contribution in [2.45, 2.75) is 38.5 Å². The maximum Gasteiger partial charge on any atom is 0.271 e. The summed E-state index contributed by atoms with van der Waals surface area (Å²) in [6, 6.07) is 12.4. The Bertz CT molecular complexity index is 879. The Morgan fingerprint density at radius 1 is 0.889 bits per heavy atom. The van der Waals surface area contributed by atoms with Crippen molar-refractivity contribution in [3.05, 3.63) is 69.7 Å². The first-order valence-electron chi connectivity index (χ1n) is 9.03. The molecule has 0 aliphatic heterocycles. The Kier molecular flexibility index (Phi) is 6.24. The lowest BCUT2D eigenvalue weighted by molar-refractivity contribution is -0.121. The summed E-state index contributed by atoms with van der Waals surface area (Å²) in [5.41, 5.74) is 8.09. The molecule has 0 saturated carbocycles. The van der Waals surface area contributed by atoms with Gasteiger partial charge < -0.3 is 0 Å². The van der Waals surface area contributed by atoms with Crippen LogP contribution in [0.15, 0.2) is 42.5 Å². The van der Waals surface area contributed by atoms with Gasteiger partial charge in [0, 0.05) is 18.4 Å². The quantitative estimate of drug-likeness (QED) is 0.610. The highest BCUT2D eigenvalue weighted by molar-refractivity contribution is 6.33. The van der Waals surface area contributed by atoms with Gasteiger partial charge in [0.1, 0.15) is 0 Å². The number of benzene rings is 2. The Labute approximate surface area is 163 Å². The van der Waals surface area contributed by atoms with Crippen LogP contribution in [-0.4, -0.2) is 17.6 Å². The molecule has 2 aromatic carbocycles. The fourth-order valence-electron chi connectivity index (χ4n) is 3.18. The fourth-order valence-corrected chi connectivity index (χ4v) is 3.40. The Hall–Kier alpha value is -2.66. The van der Waals surface area contributed by atoms with Crippen molar-refractivity contribution in [1.82, 2.24) is 10.9 Å². The molecule has 0 unspecified atom stereocenters. The Morgan fingerprint density at radius 3 is 2.41 bits per heavy atom. The molecular formula is C21H21ClN2O3. The van der Waals surface area contributed by atoms with E-state index in [0.717, 1.165) is 19.3 Å². The van der Waals surface area contributed by atoms with Gasteiger partial charge in [0.05, 0.1) is 10.6 Å². The van der Waals surface area contributed by atoms with Crippen LogP contribution in [0.4, 0.5) is 0 Å². The van der Waals surface area contributed by atoms with Crippen molar-refractivity contribution in [3.63, 3.8) is 0 Å². The minimum absolute atomic E-state index is 0.00127. The maximum absolute atomic E-state index is 12.4. The van der Waals surface area contributed by atoms with E-state index in [1.54, 1.807) is 24.3 Å². The standard InChI is InChI=1S/C21H21ClN2O3/c22-18-8-4-3-7-17(18)21(27)24-23-20(26)12-11-19(25)16-10-9-14-5-1-2-6-15(14)13-16/h3-4,7-10,13H,1-2,5-6,11-12H2,(H,23,26)(H,24,27). The summed E-state index contributed by atoms with van der Waals surface area (Å²) in [6.07, 6.45) is 4.51. The summed E-state index contributed by atoms with van der Waals surface area (Å²) in [7, 11) is 0. The van der Waals surface area contributed by atoms with E-state index in [-0.39, 0.29) is 24.2 Å². The molecule has 27 heavy (non-hydrogen) atoms. The molecular weight excluding hydrogens is 364 g/mol. The molecule has 2 N–H and O–H groups in total. The second kappa shape index (κ2) is 8.82. The number of aryl methyl sites for hydroxylation is 2. The van der Waals surface area contributed by atoms with Crippen LogP contribution in [0.25, 0.3) is 0 Å². The average molecular weight is 385 g/mol. The van der Waals surface area contributed by atoms with E-state index in [9.17, 15) is 14.4 Å². The SMILES string of the molecule is O=C(CCC(=O)c1ccc2c(c1)CCCC2)NNC(=O)c1ccccc1Cl. The first-order chi connectivity index (χ1) is 13.0. The number of Topliss-reactive ketones (excluding diaryl/α,β-unsaturated/α-hetero) is 1. The molecule has 0 saturated heterocycles. The van der Waals surface area contributed by atoms with E-state index < -0.39 is 11.8 Å². The summed E-state index contributed by atoms with van der Waals surface area (Å²) in [5, 5.41) is 0.298. The number of ketones is 1. The minimum atomic E-state index is -0.505. The Balaban J connectivity index is 1.48. The van der Waals surface area contributed by atoms with Crippen molar-refractivity contribution >= 4 is 29.2 Å². The number of hydrogen-bond acceptors (Lipinski definition) is 3. The molecule has 5 nitrogen and oxygen atoms in total. The van der Waals surface area contributed by atoms with Gasteiger partial charge in [-0.25, -0.2) is 0 Å². The summed E-state index contributed by atoms with van der Waals surface area (Å²) < 4.78 is 0. The third kappa shape index (κ3) is 4.95. The molecule has 0 bridgehead atoms. The molecule has 0 heterocycles. The molecule has 0 radical (unpaired) electrons. The summed E-state index contributed by atoms with van der Waals surface area (Å²) in [5.74, 6) is -1.01. The number of carbonyl (C=O) groups is 3. The number of fused-ring (bicyclic) bond motifs is 1. The average Bonchev–Trinajstić information content (AvgIpc) is 2.70. The second-order valence-corrected chi connectivity index (χ2v) is 7.00. The van der Waals surface area contributed by atoms with Crippen molar-refractivity contribution in [3.8, 4) is 0 Å². The predicted molar refractivity (Wildman–Crippen MR) is 104 cm³/mol. The Morgan fingerprint density at radius 2 is 1.63 bits per heavy atom. The second-order valence-electron chi connectivity index (χ2n) is 6.60. The zero-order chi connectivity index (χ0) is 19.2. The molecule has 0 fully saturated rings. The van der Waals surface area contributed by atoms with Gasteiger partial charge in [0.25, 0.3) is 5.91 Å². The zero-order valence-corrected chi connectivity index (χ0v) is 15.6. The van der Waals surface area contributed by atoms with Crippen LogP contribution in [0.3, 0.4) is 0 Å². The number of amides is 2. The summed E-state index contributed by atoms with van der Waals surface area (Å²) >= 11 is 5.94. The van der Waals surface area contributed by atoms with Crippen molar-refractivity contribution in [2.24, 2.45) is 0 Å². The summed E-state index contributed by atoms with van der Waals surface area (Å²) in [6.45, 7) is 0. The third-order valence-electron chi connectivity index (χ3n) is 4.68. The van der Waals surface area contributed by atoms with E-state index in [4.69, 9.17) is 11.6 Å². The van der Waals surface area contributed by atoms with Crippen LogP contribution >= 0.6 is 11.6 Å². The fraction of sp³-hybridized carbons (Fsp3) is 0.286. The zero-order valence-electron chi connectivity index (χ0n) is 14.9. The number of hydrazine groups is 1. The molecule has 1 aliphatic carbocycles. The molecule has 0 spiro atoms. The lowest BCUT2D eigenvalue weighted by atomic mass is 9.89. The topological polar surface area (TPSA) is 75.3 Å². The van der Waals surface area contributed by atoms with Crippen LogP contribution in [-0.2, 0) is 17.6 Å². The lowest BCUT2D eigenvalue weighted by Gasteiger charge is -2.16. The van der Waals surface area contributed by atoms with Crippen LogP contribution in [0, 0.1) is 0 Å². The van der Waals surface area contributed by atoms with E-state index in [0.29, 0.717) is 10.6 Å². The summed E-state index contributed by atoms with van der Waals surface area (Å²) in [4.78, 5) is 36.3. The van der Waals surface area contributed by atoms with Crippen molar-refractivity contribution < 1.29 is 14.4 Å². The highest BCUT2D eigenvalue weighted by atomic mass is 35.5. The smallest absolute Gasteiger partial charge is 0.271 e. The van der Waals surface area contributed by atoms with Crippen molar-refractivity contribution in [1.29, 1.82) is 0 Å². The molecule has 6 heteroatoms. The monoisotopic (exact) mass is 384 g/mol. The molecule has 140 valence electrons. The number of nitrogens with one attached hydrogen (secondary N) is 2. The van der Waals surface area contributed by atoms with E-state index in [1.165, 1.54) is 17.5 Å². The molecule has 3 rings (SSSR count). The third-order valence-corrected chi connectivity index (χ3v) is 5.01. The van der Waals surface area contributed by atoms with Gasteiger partial charge in [0.15, 0.2) is 5.78 Å². The van der Waals surface area contributed by atoms with E-state index in [1.807, 2.05) is 18.2 Å². The highest BCUT2D eigenvalue weighted by Gasteiger charge is 2.15. The van der Waals surface area contributed by atoms with Crippen LogP contribution < -0.4 is 10.9 Å². The predicted octanol–water partition coefficient (Wildman–Crippen LogP) is 3.64. The molecule has 1 aliphatic rings. The van der Waals surface area contributed by atoms with Gasteiger partial charge in [-0.2, -0.15) is 0 Å².